The van der Waals surface area contributed by atoms with Crippen LogP contribution in [0.15, 0.2) is 41.3 Å². The number of amides is 1. The summed E-state index contributed by atoms with van der Waals surface area (Å²) >= 11 is 0. The maximum atomic E-state index is 13.2. The Bertz CT molecular complexity index is 1100. The number of carbonyl (C=O) groups excluding carboxylic acids is 1. The molecule has 1 amide bonds. The van der Waals surface area contributed by atoms with Crippen LogP contribution in [0.5, 0.6) is 11.5 Å². The fraction of sp³-hybridized carbons (Fsp3) is 0.435. The summed E-state index contributed by atoms with van der Waals surface area (Å²) in [6.45, 7) is -0.500. The van der Waals surface area contributed by atoms with Crippen molar-refractivity contribution in [1.82, 2.24) is 4.31 Å². The molecule has 1 saturated heterocycles. The molecule has 0 saturated carbocycles. The van der Waals surface area contributed by atoms with Crippen LogP contribution in [0.25, 0.3) is 0 Å². The second-order valence-corrected chi connectivity index (χ2v) is 9.85. The summed E-state index contributed by atoms with van der Waals surface area (Å²) in [6, 6.07) is 9.06. The van der Waals surface area contributed by atoms with Crippen LogP contribution in [0.3, 0.4) is 0 Å². The van der Waals surface area contributed by atoms with Crippen molar-refractivity contribution in [3.8, 4) is 11.5 Å². The molecule has 2 N–H and O–H groups in total. The van der Waals surface area contributed by atoms with E-state index < -0.39 is 22.5 Å². The predicted molar refractivity (Wildman–Crippen MR) is 125 cm³/mol. The van der Waals surface area contributed by atoms with Crippen LogP contribution in [-0.4, -0.2) is 52.0 Å². The maximum absolute atomic E-state index is 13.2. The topological polar surface area (TPSA) is 97.0 Å². The molecule has 8 nitrogen and oxygen atoms in total. The first-order chi connectivity index (χ1) is 16.2. The number of alkyl halides is 2. The Balaban J connectivity index is 1.68. The molecule has 0 radical (unpaired) electrons. The smallest absolute Gasteiger partial charge is 0.387 e. The molecule has 1 heterocycles. The van der Waals surface area contributed by atoms with Gasteiger partial charge in [-0.15, -0.1) is 0 Å². The Morgan fingerprint density at radius 2 is 1.71 bits per heavy atom. The van der Waals surface area contributed by atoms with Crippen molar-refractivity contribution in [3.63, 3.8) is 0 Å². The third kappa shape index (κ3) is 6.57. The lowest BCUT2D eigenvalue weighted by Crippen LogP contribution is -2.32. The van der Waals surface area contributed by atoms with Crippen molar-refractivity contribution in [1.29, 1.82) is 0 Å². The van der Waals surface area contributed by atoms with Gasteiger partial charge in [-0.1, -0.05) is 18.9 Å². The molecule has 0 unspecified atom stereocenters. The molecule has 3 rings (SSSR count). The van der Waals surface area contributed by atoms with Crippen LogP contribution in [0.1, 0.15) is 31.2 Å². The zero-order valence-electron chi connectivity index (χ0n) is 19.1. The molecule has 34 heavy (non-hydrogen) atoms. The molecule has 1 aliphatic rings. The highest BCUT2D eigenvalue weighted by Gasteiger charge is 2.27. The molecular weight excluding hydrogens is 468 g/mol. The standard InChI is InChI=1S/C23H29F2N3O5S/c1-16-7-8-18(14-21(16)34(30,31)28-11-5-3-4-6-12-28)27-22(29)15-26-17-9-10-19(32-2)20(13-17)33-23(24)25/h7-10,13-14,23,26H,3-6,11-12,15H2,1-2H3,(H,27,29). The summed E-state index contributed by atoms with van der Waals surface area (Å²) in [5.74, 6) is -0.466. The van der Waals surface area contributed by atoms with Crippen LogP contribution in [0.2, 0.25) is 0 Å². The second kappa shape index (κ2) is 11.5. The first-order valence-electron chi connectivity index (χ1n) is 11.0. The van der Waals surface area contributed by atoms with Crippen molar-refractivity contribution >= 4 is 27.3 Å². The lowest BCUT2D eigenvalue weighted by atomic mass is 10.2. The van der Waals surface area contributed by atoms with E-state index in [-0.39, 0.29) is 22.9 Å². The number of anilines is 2. The molecule has 0 atom stereocenters. The molecule has 0 aromatic heterocycles. The molecule has 0 spiro atoms. The van der Waals surface area contributed by atoms with E-state index in [1.165, 1.54) is 29.6 Å². The average molecular weight is 498 g/mol. The number of methoxy groups -OCH3 is 1. The van der Waals surface area contributed by atoms with E-state index in [1.54, 1.807) is 25.1 Å². The summed E-state index contributed by atoms with van der Waals surface area (Å²) in [5, 5.41) is 5.50. The average Bonchev–Trinajstić information content (AvgIpc) is 3.09. The van der Waals surface area contributed by atoms with Crippen molar-refractivity contribution in [2.75, 3.05) is 37.4 Å². The minimum Gasteiger partial charge on any atom is -0.493 e. The van der Waals surface area contributed by atoms with Gasteiger partial charge in [-0.05, 0) is 49.6 Å². The van der Waals surface area contributed by atoms with Gasteiger partial charge in [-0.3, -0.25) is 4.79 Å². The van der Waals surface area contributed by atoms with Crippen LogP contribution in [0, 0.1) is 6.92 Å². The summed E-state index contributed by atoms with van der Waals surface area (Å²) < 4.78 is 62.5. The highest BCUT2D eigenvalue weighted by molar-refractivity contribution is 7.89. The summed E-state index contributed by atoms with van der Waals surface area (Å²) in [5.41, 5.74) is 1.33. The normalized spacial score (nSPS) is 15.0. The zero-order chi connectivity index (χ0) is 24.7. The minimum absolute atomic E-state index is 0.133. The second-order valence-electron chi connectivity index (χ2n) is 7.94. The maximum Gasteiger partial charge on any atom is 0.387 e. The molecule has 11 heteroatoms. The Labute approximate surface area is 198 Å². The molecule has 186 valence electrons. The van der Waals surface area contributed by atoms with Crippen LogP contribution >= 0.6 is 0 Å². The molecule has 1 aliphatic heterocycles. The van der Waals surface area contributed by atoms with Crippen molar-refractivity contribution in [3.05, 3.63) is 42.0 Å². The van der Waals surface area contributed by atoms with E-state index >= 15 is 0 Å². The third-order valence-electron chi connectivity index (χ3n) is 5.49. The summed E-state index contributed by atoms with van der Waals surface area (Å²) in [6.07, 6.45) is 3.68. The predicted octanol–water partition coefficient (Wildman–Crippen LogP) is 4.22. The number of halogens is 2. The Morgan fingerprint density at radius 3 is 2.35 bits per heavy atom. The molecule has 0 aliphatic carbocycles. The molecule has 2 aromatic rings. The number of nitrogens with one attached hydrogen (secondary N) is 2. The first kappa shape index (κ1) is 25.7. The van der Waals surface area contributed by atoms with Crippen LogP contribution < -0.4 is 20.1 Å². The van der Waals surface area contributed by atoms with Gasteiger partial charge >= 0.3 is 6.61 Å². The molecular formula is C23H29F2N3O5S. The number of sulfonamides is 1. The van der Waals surface area contributed by atoms with Gasteiger partial charge < -0.3 is 20.1 Å². The van der Waals surface area contributed by atoms with Gasteiger partial charge in [0, 0.05) is 30.5 Å². The van der Waals surface area contributed by atoms with Crippen molar-refractivity contribution in [2.45, 2.75) is 44.1 Å². The number of rotatable bonds is 9. The Kier molecular flexibility index (Phi) is 8.67. The van der Waals surface area contributed by atoms with Gasteiger partial charge in [0.1, 0.15) is 0 Å². The monoisotopic (exact) mass is 497 g/mol. The molecule has 0 bridgehead atoms. The van der Waals surface area contributed by atoms with Gasteiger partial charge in [0.2, 0.25) is 15.9 Å². The van der Waals surface area contributed by atoms with Gasteiger partial charge in [-0.25, -0.2) is 8.42 Å². The minimum atomic E-state index is -3.67. The summed E-state index contributed by atoms with van der Waals surface area (Å²) in [7, 11) is -2.34. The Hall–Kier alpha value is -2.92. The fourth-order valence-corrected chi connectivity index (χ4v) is 5.51. The highest BCUT2D eigenvalue weighted by atomic mass is 32.2. The van der Waals surface area contributed by atoms with E-state index in [0.717, 1.165) is 25.7 Å². The van der Waals surface area contributed by atoms with E-state index in [9.17, 15) is 22.0 Å². The number of hydrogen-bond donors (Lipinski definition) is 2. The van der Waals surface area contributed by atoms with E-state index in [1.807, 2.05) is 0 Å². The largest absolute Gasteiger partial charge is 0.493 e. The number of hydrogen-bond acceptors (Lipinski definition) is 6. The SMILES string of the molecule is COc1ccc(NCC(=O)Nc2ccc(C)c(S(=O)(=O)N3CCCCCC3)c2)cc1OC(F)F. The number of ether oxygens (including phenoxy) is 2. The quantitative estimate of drug-likeness (QED) is 0.539. The molecule has 1 fully saturated rings. The van der Waals surface area contributed by atoms with Gasteiger partial charge in [0.25, 0.3) is 0 Å². The number of nitrogens with zero attached hydrogens (tertiary/aromatic N) is 1. The van der Waals surface area contributed by atoms with Crippen LogP contribution in [0.4, 0.5) is 20.2 Å². The lowest BCUT2D eigenvalue weighted by Gasteiger charge is -2.21. The summed E-state index contributed by atoms with van der Waals surface area (Å²) in [4.78, 5) is 12.6. The zero-order valence-corrected chi connectivity index (χ0v) is 20.0. The van der Waals surface area contributed by atoms with E-state index in [2.05, 4.69) is 15.4 Å². The first-order valence-corrected chi connectivity index (χ1v) is 12.4. The van der Waals surface area contributed by atoms with E-state index in [0.29, 0.717) is 30.0 Å². The number of carbonyl (C=O) groups is 1. The highest BCUT2D eigenvalue weighted by Crippen LogP contribution is 2.31. The van der Waals surface area contributed by atoms with E-state index in [4.69, 9.17) is 4.74 Å². The van der Waals surface area contributed by atoms with Crippen molar-refractivity contribution in [2.24, 2.45) is 0 Å². The van der Waals surface area contributed by atoms with Gasteiger partial charge in [-0.2, -0.15) is 13.1 Å². The number of aryl methyl sites for hydroxylation is 1. The van der Waals surface area contributed by atoms with Gasteiger partial charge in [0.15, 0.2) is 11.5 Å². The Morgan fingerprint density at radius 1 is 1.03 bits per heavy atom. The third-order valence-corrected chi connectivity index (χ3v) is 7.53. The fourth-order valence-electron chi connectivity index (χ4n) is 3.74. The van der Waals surface area contributed by atoms with Gasteiger partial charge in [0.05, 0.1) is 18.6 Å². The van der Waals surface area contributed by atoms with Crippen molar-refractivity contribution < 1.29 is 31.5 Å². The van der Waals surface area contributed by atoms with Crippen LogP contribution in [-0.2, 0) is 14.8 Å². The molecule has 2 aromatic carbocycles. The lowest BCUT2D eigenvalue weighted by molar-refractivity contribution is -0.114. The number of benzene rings is 2.